The molecule has 0 aliphatic heterocycles. The summed E-state index contributed by atoms with van der Waals surface area (Å²) in [5.74, 6) is 2.52. The molecule has 3 aromatic rings. The van der Waals surface area contributed by atoms with E-state index < -0.39 is 0 Å². The van der Waals surface area contributed by atoms with E-state index in [1.807, 2.05) is 53.7 Å². The highest BCUT2D eigenvalue weighted by Crippen LogP contribution is 2.24. The van der Waals surface area contributed by atoms with Crippen LogP contribution in [0, 0.1) is 0 Å². The fourth-order valence-corrected chi connectivity index (χ4v) is 2.45. The van der Waals surface area contributed by atoms with Gasteiger partial charge in [0.05, 0.1) is 25.5 Å². The molecule has 1 aromatic carbocycles. The molecule has 0 radical (unpaired) electrons. The molecule has 0 unspecified atom stereocenters. The summed E-state index contributed by atoms with van der Waals surface area (Å²) in [7, 11) is 3.65. The summed E-state index contributed by atoms with van der Waals surface area (Å²) in [6, 6.07) is 7.93. The Bertz CT molecular complexity index is 774. The highest BCUT2D eigenvalue weighted by Gasteiger charge is 2.10. The third-order valence-electron chi connectivity index (χ3n) is 3.77. The fraction of sp³-hybridized carbons (Fsp3) is 0.312. The molecule has 0 aliphatic carbocycles. The van der Waals surface area contributed by atoms with E-state index in [1.165, 1.54) is 0 Å². The summed E-state index contributed by atoms with van der Waals surface area (Å²) >= 11 is 0. The first-order valence-electron chi connectivity index (χ1n) is 7.49. The second-order valence-corrected chi connectivity index (χ2v) is 5.10. The number of hydrogen-bond donors (Lipinski definition) is 1. The number of nitrogens with zero attached hydrogens (tertiary/aromatic N) is 5. The summed E-state index contributed by atoms with van der Waals surface area (Å²) in [6.45, 7) is 3.43. The molecule has 0 bridgehead atoms. The van der Waals surface area contributed by atoms with Gasteiger partial charge in [0.1, 0.15) is 17.9 Å². The summed E-state index contributed by atoms with van der Waals surface area (Å²) in [4.78, 5) is 8.71. The number of methoxy groups -OCH3 is 1. The van der Waals surface area contributed by atoms with Gasteiger partial charge in [0, 0.05) is 19.2 Å². The molecule has 120 valence electrons. The normalized spacial score (nSPS) is 10.7. The van der Waals surface area contributed by atoms with Gasteiger partial charge in [-0.3, -0.25) is 0 Å². The van der Waals surface area contributed by atoms with Gasteiger partial charge in [-0.25, -0.2) is 14.6 Å². The van der Waals surface area contributed by atoms with Crippen molar-refractivity contribution in [1.29, 1.82) is 0 Å². The van der Waals surface area contributed by atoms with Crippen molar-refractivity contribution in [2.75, 3.05) is 12.4 Å². The number of ether oxygens (including phenoxy) is 1. The Morgan fingerprint density at radius 1 is 1.17 bits per heavy atom. The first kappa shape index (κ1) is 15.1. The van der Waals surface area contributed by atoms with Crippen molar-refractivity contribution in [3.8, 4) is 17.0 Å². The van der Waals surface area contributed by atoms with Gasteiger partial charge in [0.2, 0.25) is 5.95 Å². The minimum Gasteiger partial charge on any atom is -0.497 e. The zero-order valence-corrected chi connectivity index (χ0v) is 13.5. The molecule has 1 N–H and O–H groups in total. The second-order valence-electron chi connectivity index (χ2n) is 5.10. The monoisotopic (exact) mass is 312 g/mol. The SMILES string of the molecule is CCn1ncnc1CNc1ncc(-c2ccc(OC)cc2)n1C. The smallest absolute Gasteiger partial charge is 0.203 e. The Balaban J connectivity index is 1.76. The predicted octanol–water partition coefficient (Wildman–Crippen LogP) is 2.32. The number of anilines is 1. The Labute approximate surface area is 134 Å². The first-order chi connectivity index (χ1) is 11.2. The minimum absolute atomic E-state index is 0.584. The molecule has 0 saturated carbocycles. The quantitative estimate of drug-likeness (QED) is 0.756. The Kier molecular flexibility index (Phi) is 4.27. The van der Waals surface area contributed by atoms with Crippen LogP contribution in [0.5, 0.6) is 5.75 Å². The van der Waals surface area contributed by atoms with E-state index in [0.29, 0.717) is 6.54 Å². The van der Waals surface area contributed by atoms with Crippen molar-refractivity contribution in [1.82, 2.24) is 24.3 Å². The lowest BCUT2D eigenvalue weighted by Crippen LogP contribution is -2.11. The number of imidazole rings is 1. The van der Waals surface area contributed by atoms with E-state index >= 15 is 0 Å². The van der Waals surface area contributed by atoms with E-state index in [4.69, 9.17) is 4.74 Å². The lowest BCUT2D eigenvalue weighted by Gasteiger charge is -2.09. The molecule has 23 heavy (non-hydrogen) atoms. The molecule has 0 fully saturated rings. The zero-order chi connectivity index (χ0) is 16.2. The third kappa shape index (κ3) is 3.03. The van der Waals surface area contributed by atoms with E-state index in [2.05, 4.69) is 20.4 Å². The molecule has 0 spiro atoms. The Morgan fingerprint density at radius 3 is 2.65 bits per heavy atom. The predicted molar refractivity (Wildman–Crippen MR) is 88.2 cm³/mol. The lowest BCUT2D eigenvalue weighted by atomic mass is 10.1. The van der Waals surface area contributed by atoms with Crippen LogP contribution in [0.4, 0.5) is 5.95 Å². The molecular formula is C16H20N6O. The molecular weight excluding hydrogens is 292 g/mol. The van der Waals surface area contributed by atoms with Gasteiger partial charge in [0.25, 0.3) is 0 Å². The maximum atomic E-state index is 5.19. The van der Waals surface area contributed by atoms with Gasteiger partial charge in [-0.05, 0) is 31.2 Å². The lowest BCUT2D eigenvalue weighted by molar-refractivity contribution is 0.415. The average Bonchev–Trinajstić information content (AvgIpc) is 3.19. The molecule has 7 nitrogen and oxygen atoms in total. The van der Waals surface area contributed by atoms with Gasteiger partial charge in [0.15, 0.2) is 0 Å². The summed E-state index contributed by atoms with van der Waals surface area (Å²) in [6.07, 6.45) is 3.43. The summed E-state index contributed by atoms with van der Waals surface area (Å²) in [5.41, 5.74) is 2.12. The maximum absolute atomic E-state index is 5.19. The Morgan fingerprint density at radius 2 is 1.96 bits per heavy atom. The minimum atomic E-state index is 0.584. The zero-order valence-electron chi connectivity index (χ0n) is 13.5. The van der Waals surface area contributed by atoms with Gasteiger partial charge in [-0.1, -0.05) is 0 Å². The topological polar surface area (TPSA) is 69.8 Å². The van der Waals surface area contributed by atoms with Crippen LogP contribution in [0.3, 0.4) is 0 Å². The molecule has 2 heterocycles. The fourth-order valence-electron chi connectivity index (χ4n) is 2.45. The van der Waals surface area contributed by atoms with Crippen LogP contribution in [0.25, 0.3) is 11.3 Å². The van der Waals surface area contributed by atoms with E-state index in [-0.39, 0.29) is 0 Å². The van der Waals surface area contributed by atoms with Crippen molar-refractivity contribution in [2.24, 2.45) is 7.05 Å². The first-order valence-corrected chi connectivity index (χ1v) is 7.49. The van der Waals surface area contributed by atoms with E-state index in [9.17, 15) is 0 Å². The van der Waals surface area contributed by atoms with Gasteiger partial charge in [-0.2, -0.15) is 5.10 Å². The molecule has 0 atom stereocenters. The molecule has 0 aliphatic rings. The third-order valence-corrected chi connectivity index (χ3v) is 3.77. The maximum Gasteiger partial charge on any atom is 0.203 e. The van der Waals surface area contributed by atoms with Crippen molar-refractivity contribution < 1.29 is 4.74 Å². The molecule has 0 saturated heterocycles. The molecule has 3 rings (SSSR count). The highest BCUT2D eigenvalue weighted by atomic mass is 16.5. The van der Waals surface area contributed by atoms with Crippen molar-refractivity contribution >= 4 is 5.95 Å². The number of hydrogen-bond acceptors (Lipinski definition) is 5. The van der Waals surface area contributed by atoms with Crippen LogP contribution in [-0.2, 0) is 20.1 Å². The van der Waals surface area contributed by atoms with Crippen LogP contribution in [-0.4, -0.2) is 31.4 Å². The Hall–Kier alpha value is -2.83. The molecule has 7 heteroatoms. The number of aromatic nitrogens is 5. The van der Waals surface area contributed by atoms with Gasteiger partial charge >= 0.3 is 0 Å². The largest absolute Gasteiger partial charge is 0.497 e. The second kappa shape index (κ2) is 6.51. The van der Waals surface area contributed by atoms with Crippen LogP contribution in [0.15, 0.2) is 36.8 Å². The van der Waals surface area contributed by atoms with Crippen LogP contribution >= 0.6 is 0 Å². The van der Waals surface area contributed by atoms with Gasteiger partial charge in [-0.15, -0.1) is 0 Å². The van der Waals surface area contributed by atoms with Crippen molar-refractivity contribution in [2.45, 2.75) is 20.0 Å². The van der Waals surface area contributed by atoms with E-state index in [1.54, 1.807) is 13.4 Å². The summed E-state index contributed by atoms with van der Waals surface area (Å²) in [5, 5.41) is 7.47. The standard InChI is InChI=1S/C16H20N6O/c1-4-22-15(19-11-20-22)10-18-16-17-9-14(21(16)2)12-5-7-13(23-3)8-6-12/h5-9,11H,4,10H2,1-3H3,(H,17,18). The van der Waals surface area contributed by atoms with Crippen LogP contribution in [0.1, 0.15) is 12.7 Å². The van der Waals surface area contributed by atoms with E-state index in [0.717, 1.165) is 35.3 Å². The van der Waals surface area contributed by atoms with Crippen LogP contribution in [0.2, 0.25) is 0 Å². The molecule has 0 amide bonds. The van der Waals surface area contributed by atoms with Crippen molar-refractivity contribution in [3.05, 3.63) is 42.6 Å². The number of benzene rings is 1. The average molecular weight is 312 g/mol. The highest BCUT2D eigenvalue weighted by molar-refractivity contribution is 5.62. The van der Waals surface area contributed by atoms with Crippen LogP contribution < -0.4 is 10.1 Å². The number of nitrogens with one attached hydrogen (secondary N) is 1. The molecule has 2 aromatic heterocycles. The number of rotatable bonds is 6. The van der Waals surface area contributed by atoms with Gasteiger partial charge < -0.3 is 14.6 Å². The van der Waals surface area contributed by atoms with Crippen molar-refractivity contribution in [3.63, 3.8) is 0 Å². The summed E-state index contributed by atoms with van der Waals surface area (Å²) < 4.78 is 9.08. The number of aryl methyl sites for hydroxylation is 1.